The lowest BCUT2D eigenvalue weighted by Gasteiger charge is -2.20. The van der Waals surface area contributed by atoms with Gasteiger partial charge in [-0.1, -0.05) is 12.1 Å². The molecule has 1 aromatic carbocycles. The zero-order valence-corrected chi connectivity index (χ0v) is 8.65. The van der Waals surface area contributed by atoms with Crippen molar-refractivity contribution in [3.63, 3.8) is 0 Å². The fourth-order valence-electron chi connectivity index (χ4n) is 1.35. The molecule has 2 unspecified atom stereocenters. The summed E-state index contributed by atoms with van der Waals surface area (Å²) in [5.41, 5.74) is 0.701. The van der Waals surface area contributed by atoms with E-state index < -0.39 is 12.8 Å². The molecule has 0 aromatic heterocycles. The molecule has 3 N–H and O–H groups in total. The minimum atomic E-state index is -0.697. The van der Waals surface area contributed by atoms with E-state index in [1.54, 1.807) is 19.1 Å². The average Bonchev–Trinajstić information content (AvgIpc) is 2.26. The van der Waals surface area contributed by atoms with Gasteiger partial charge in [-0.2, -0.15) is 0 Å². The van der Waals surface area contributed by atoms with Crippen LogP contribution in [0.3, 0.4) is 0 Å². The Labute approximate surface area is 88.6 Å². The molecule has 15 heavy (non-hydrogen) atoms. The first kappa shape index (κ1) is 11.9. The summed E-state index contributed by atoms with van der Waals surface area (Å²) >= 11 is 0. The molecule has 1 aromatic rings. The molecule has 0 fully saturated rings. The van der Waals surface area contributed by atoms with Gasteiger partial charge < -0.3 is 15.5 Å². The van der Waals surface area contributed by atoms with Crippen LogP contribution in [0.5, 0.6) is 5.75 Å². The molecular weight excluding hydrogens is 197 g/mol. The van der Waals surface area contributed by atoms with E-state index in [1.165, 1.54) is 12.1 Å². The average molecular weight is 213 g/mol. The first-order valence-electron chi connectivity index (χ1n) is 4.91. The zero-order chi connectivity index (χ0) is 11.3. The van der Waals surface area contributed by atoms with Crippen LogP contribution in [0.25, 0.3) is 0 Å². The summed E-state index contributed by atoms with van der Waals surface area (Å²) in [6, 6.07) is 6.10. The molecule has 2 atom stereocenters. The number of phenols is 1. The number of halogens is 1. The number of phenolic OH excluding ortho intramolecular Hbond substituents is 1. The monoisotopic (exact) mass is 213 g/mol. The van der Waals surface area contributed by atoms with Crippen molar-refractivity contribution in [2.45, 2.75) is 19.1 Å². The molecular formula is C11H16FNO2. The standard InChI is InChI=1S/C11H16FNO2/c1-8(13-7-6-12)11(15)9-2-4-10(14)5-3-9/h2-5,8,11,13-15H,6-7H2,1H3. The van der Waals surface area contributed by atoms with Crippen LogP contribution in [0, 0.1) is 0 Å². The van der Waals surface area contributed by atoms with Crippen molar-refractivity contribution in [2.75, 3.05) is 13.2 Å². The lowest BCUT2D eigenvalue weighted by Crippen LogP contribution is -2.33. The Morgan fingerprint density at radius 1 is 1.33 bits per heavy atom. The Morgan fingerprint density at radius 3 is 2.47 bits per heavy atom. The number of aromatic hydroxyl groups is 1. The number of hydrogen-bond acceptors (Lipinski definition) is 3. The van der Waals surface area contributed by atoms with Gasteiger partial charge in [0.2, 0.25) is 0 Å². The SMILES string of the molecule is CC(NCCF)C(O)c1ccc(O)cc1. The van der Waals surface area contributed by atoms with Crippen molar-refractivity contribution in [1.82, 2.24) is 5.32 Å². The van der Waals surface area contributed by atoms with Crippen molar-refractivity contribution in [2.24, 2.45) is 0 Å². The van der Waals surface area contributed by atoms with Crippen molar-refractivity contribution < 1.29 is 14.6 Å². The number of rotatable bonds is 5. The highest BCUT2D eigenvalue weighted by molar-refractivity contribution is 5.27. The summed E-state index contributed by atoms with van der Waals surface area (Å²) < 4.78 is 11.9. The van der Waals surface area contributed by atoms with E-state index in [-0.39, 0.29) is 18.3 Å². The molecule has 0 aliphatic rings. The molecule has 1 rings (SSSR count). The van der Waals surface area contributed by atoms with Gasteiger partial charge in [-0.15, -0.1) is 0 Å². The minimum Gasteiger partial charge on any atom is -0.508 e. The van der Waals surface area contributed by atoms with Crippen LogP contribution in [0.2, 0.25) is 0 Å². The second-order valence-electron chi connectivity index (χ2n) is 3.47. The molecule has 0 amide bonds. The number of aliphatic hydroxyl groups is 1. The summed E-state index contributed by atoms with van der Waals surface area (Å²) in [5, 5.41) is 21.8. The lowest BCUT2D eigenvalue weighted by molar-refractivity contribution is 0.135. The molecule has 84 valence electrons. The van der Waals surface area contributed by atoms with Crippen molar-refractivity contribution in [3.8, 4) is 5.75 Å². The Hall–Kier alpha value is -1.13. The third-order valence-corrected chi connectivity index (χ3v) is 2.27. The summed E-state index contributed by atoms with van der Waals surface area (Å²) in [4.78, 5) is 0. The van der Waals surface area contributed by atoms with Gasteiger partial charge >= 0.3 is 0 Å². The third kappa shape index (κ3) is 3.49. The Morgan fingerprint density at radius 2 is 1.93 bits per heavy atom. The van der Waals surface area contributed by atoms with Crippen molar-refractivity contribution >= 4 is 0 Å². The van der Waals surface area contributed by atoms with Crippen LogP contribution >= 0.6 is 0 Å². The normalized spacial score (nSPS) is 14.9. The molecule has 3 nitrogen and oxygen atoms in total. The van der Waals surface area contributed by atoms with Crippen LogP contribution in [0.4, 0.5) is 4.39 Å². The van der Waals surface area contributed by atoms with E-state index >= 15 is 0 Å². The first-order valence-corrected chi connectivity index (χ1v) is 4.91. The number of benzene rings is 1. The Balaban J connectivity index is 2.59. The molecule has 0 aliphatic carbocycles. The van der Waals surface area contributed by atoms with E-state index in [9.17, 15) is 9.50 Å². The van der Waals surface area contributed by atoms with Gasteiger partial charge in [0.15, 0.2) is 0 Å². The molecule has 0 saturated heterocycles. The van der Waals surface area contributed by atoms with Crippen molar-refractivity contribution in [3.05, 3.63) is 29.8 Å². The van der Waals surface area contributed by atoms with E-state index in [1.807, 2.05) is 0 Å². The predicted molar refractivity (Wildman–Crippen MR) is 56.5 cm³/mol. The van der Waals surface area contributed by atoms with Gasteiger partial charge in [0.1, 0.15) is 12.4 Å². The Bertz CT molecular complexity index is 289. The lowest BCUT2D eigenvalue weighted by atomic mass is 10.0. The highest BCUT2D eigenvalue weighted by atomic mass is 19.1. The summed E-state index contributed by atoms with van der Waals surface area (Å²) in [6.07, 6.45) is -0.697. The molecule has 0 spiro atoms. The maximum absolute atomic E-state index is 11.9. The third-order valence-electron chi connectivity index (χ3n) is 2.27. The number of hydrogen-bond donors (Lipinski definition) is 3. The summed E-state index contributed by atoms with van der Waals surface area (Å²) in [6.45, 7) is 1.57. The molecule has 4 heteroatoms. The van der Waals surface area contributed by atoms with Crippen LogP contribution in [-0.4, -0.2) is 29.5 Å². The van der Waals surface area contributed by atoms with E-state index in [0.717, 1.165) is 0 Å². The minimum absolute atomic E-state index is 0.162. The molecule has 0 aliphatic heterocycles. The van der Waals surface area contributed by atoms with Gasteiger partial charge in [0, 0.05) is 12.6 Å². The van der Waals surface area contributed by atoms with Gasteiger partial charge in [0.25, 0.3) is 0 Å². The summed E-state index contributed by atoms with van der Waals surface area (Å²) in [5.74, 6) is 0.162. The zero-order valence-electron chi connectivity index (χ0n) is 8.65. The second-order valence-corrected chi connectivity index (χ2v) is 3.47. The summed E-state index contributed by atoms with van der Waals surface area (Å²) in [7, 11) is 0. The largest absolute Gasteiger partial charge is 0.508 e. The number of aliphatic hydroxyl groups excluding tert-OH is 1. The highest BCUT2D eigenvalue weighted by Crippen LogP contribution is 2.19. The van der Waals surface area contributed by atoms with Crippen LogP contribution in [0.15, 0.2) is 24.3 Å². The van der Waals surface area contributed by atoms with Crippen LogP contribution in [-0.2, 0) is 0 Å². The number of alkyl halides is 1. The van der Waals surface area contributed by atoms with Gasteiger partial charge in [0.05, 0.1) is 6.10 Å². The fourth-order valence-corrected chi connectivity index (χ4v) is 1.35. The van der Waals surface area contributed by atoms with Gasteiger partial charge in [-0.05, 0) is 24.6 Å². The molecule has 0 bridgehead atoms. The first-order chi connectivity index (χ1) is 7.15. The van der Waals surface area contributed by atoms with E-state index in [4.69, 9.17) is 5.11 Å². The Kier molecular flexibility index (Phi) is 4.52. The quantitative estimate of drug-likeness (QED) is 0.692. The maximum atomic E-state index is 11.9. The fraction of sp³-hybridized carbons (Fsp3) is 0.455. The maximum Gasteiger partial charge on any atom is 0.115 e. The van der Waals surface area contributed by atoms with Gasteiger partial charge in [-0.25, -0.2) is 4.39 Å². The van der Waals surface area contributed by atoms with Crippen LogP contribution < -0.4 is 5.32 Å². The molecule has 0 radical (unpaired) electrons. The smallest absolute Gasteiger partial charge is 0.115 e. The highest BCUT2D eigenvalue weighted by Gasteiger charge is 2.15. The van der Waals surface area contributed by atoms with Crippen molar-refractivity contribution in [1.29, 1.82) is 0 Å². The second kappa shape index (κ2) is 5.68. The van der Waals surface area contributed by atoms with Gasteiger partial charge in [-0.3, -0.25) is 0 Å². The number of nitrogens with one attached hydrogen (secondary N) is 1. The molecule has 0 saturated carbocycles. The predicted octanol–water partition coefficient (Wildman–Crippen LogP) is 1.37. The van der Waals surface area contributed by atoms with E-state index in [2.05, 4.69) is 5.32 Å². The topological polar surface area (TPSA) is 52.5 Å². The van der Waals surface area contributed by atoms with E-state index in [0.29, 0.717) is 5.56 Å². The molecule has 0 heterocycles. The van der Waals surface area contributed by atoms with Crippen LogP contribution in [0.1, 0.15) is 18.6 Å².